The Kier molecular flexibility index (Phi) is 4.31. The fourth-order valence-corrected chi connectivity index (χ4v) is 2.80. The summed E-state index contributed by atoms with van der Waals surface area (Å²) in [7, 11) is 6.47. The van der Waals surface area contributed by atoms with Crippen molar-refractivity contribution in [3.05, 3.63) is 35.0 Å². The summed E-state index contributed by atoms with van der Waals surface area (Å²) in [5.41, 5.74) is 5.76. The highest BCUT2D eigenvalue weighted by atomic mass is 15.0. The van der Waals surface area contributed by atoms with E-state index in [9.17, 15) is 0 Å². The van der Waals surface area contributed by atoms with Crippen molar-refractivity contribution >= 4 is 10.9 Å². The number of fused-ring (bicyclic) bond motifs is 1. The molecule has 2 nitrogen and oxygen atoms in total. The maximum atomic E-state index is 2.38. The van der Waals surface area contributed by atoms with Crippen molar-refractivity contribution in [1.29, 1.82) is 0 Å². The molecule has 2 aromatic rings. The van der Waals surface area contributed by atoms with Crippen molar-refractivity contribution in [3.8, 4) is 0 Å². The summed E-state index contributed by atoms with van der Waals surface area (Å²) in [6.07, 6.45) is 3.51. The fraction of sp³-hybridized carbons (Fsp3) is 0.529. The van der Waals surface area contributed by atoms with E-state index in [1.165, 1.54) is 40.6 Å². The predicted octanol–water partition coefficient (Wildman–Crippen LogP) is 3.54. The molecule has 0 fully saturated rings. The van der Waals surface area contributed by atoms with Crippen LogP contribution in [0.1, 0.15) is 30.2 Å². The minimum Gasteiger partial charge on any atom is -0.348 e. The van der Waals surface area contributed by atoms with E-state index in [0.717, 1.165) is 13.0 Å². The van der Waals surface area contributed by atoms with Crippen LogP contribution in [0.4, 0.5) is 0 Å². The van der Waals surface area contributed by atoms with Gasteiger partial charge in [-0.25, -0.2) is 0 Å². The van der Waals surface area contributed by atoms with Crippen molar-refractivity contribution in [2.24, 2.45) is 7.05 Å². The normalized spacial score (nSPS) is 11.7. The first-order valence-corrected chi connectivity index (χ1v) is 7.26. The highest BCUT2D eigenvalue weighted by Crippen LogP contribution is 2.27. The van der Waals surface area contributed by atoms with Gasteiger partial charge in [-0.2, -0.15) is 0 Å². The molecular formula is C17H26N2. The zero-order valence-corrected chi connectivity index (χ0v) is 13.0. The van der Waals surface area contributed by atoms with Crippen LogP contribution >= 0.6 is 0 Å². The van der Waals surface area contributed by atoms with Crippen LogP contribution in [0.15, 0.2) is 18.2 Å². The lowest BCUT2D eigenvalue weighted by atomic mass is 10.0. The maximum Gasteiger partial charge on any atom is 0.0482 e. The van der Waals surface area contributed by atoms with E-state index in [0.29, 0.717) is 0 Å². The summed E-state index contributed by atoms with van der Waals surface area (Å²) in [4.78, 5) is 2.26. The zero-order chi connectivity index (χ0) is 14.0. The van der Waals surface area contributed by atoms with Gasteiger partial charge in [0.1, 0.15) is 0 Å². The number of hydrogen-bond acceptors (Lipinski definition) is 1. The summed E-state index contributed by atoms with van der Waals surface area (Å²) < 4.78 is 2.33. The number of hydrogen-bond donors (Lipinski definition) is 0. The van der Waals surface area contributed by atoms with Gasteiger partial charge in [-0.15, -0.1) is 0 Å². The Morgan fingerprint density at radius 1 is 1.21 bits per heavy atom. The third-order valence-electron chi connectivity index (χ3n) is 4.13. The van der Waals surface area contributed by atoms with E-state index >= 15 is 0 Å². The molecule has 2 rings (SSSR count). The van der Waals surface area contributed by atoms with Crippen molar-refractivity contribution in [2.45, 2.75) is 33.1 Å². The smallest absolute Gasteiger partial charge is 0.0482 e. The molecule has 0 saturated carbocycles. The molecule has 0 aliphatic carbocycles. The summed E-state index contributed by atoms with van der Waals surface area (Å²) in [6.45, 7) is 5.63. The zero-order valence-electron chi connectivity index (χ0n) is 13.0. The SMILES string of the molecule is CCc1ccc2c(c1)c(CCCN(C)C)c(C)n2C. The van der Waals surface area contributed by atoms with E-state index < -0.39 is 0 Å². The van der Waals surface area contributed by atoms with Crippen molar-refractivity contribution < 1.29 is 0 Å². The monoisotopic (exact) mass is 258 g/mol. The molecule has 19 heavy (non-hydrogen) atoms. The molecule has 104 valence electrons. The molecule has 0 atom stereocenters. The Balaban J connectivity index is 2.37. The Bertz CT molecular complexity index is 564. The van der Waals surface area contributed by atoms with Crippen LogP contribution in [-0.2, 0) is 19.9 Å². The van der Waals surface area contributed by atoms with Gasteiger partial charge in [-0.3, -0.25) is 0 Å². The van der Waals surface area contributed by atoms with Gasteiger partial charge in [0, 0.05) is 23.6 Å². The molecule has 1 aromatic carbocycles. The van der Waals surface area contributed by atoms with Gasteiger partial charge in [0.15, 0.2) is 0 Å². The van der Waals surface area contributed by atoms with Crippen LogP contribution in [0.3, 0.4) is 0 Å². The van der Waals surface area contributed by atoms with Gasteiger partial charge in [0.05, 0.1) is 0 Å². The summed E-state index contributed by atoms with van der Waals surface area (Å²) in [6, 6.07) is 6.91. The number of aryl methyl sites for hydroxylation is 3. The van der Waals surface area contributed by atoms with Crippen LogP contribution in [-0.4, -0.2) is 30.1 Å². The molecular weight excluding hydrogens is 232 g/mol. The van der Waals surface area contributed by atoms with Gasteiger partial charge in [0.25, 0.3) is 0 Å². The van der Waals surface area contributed by atoms with E-state index in [1.54, 1.807) is 0 Å². The van der Waals surface area contributed by atoms with Crippen molar-refractivity contribution in [2.75, 3.05) is 20.6 Å². The molecule has 0 unspecified atom stereocenters. The molecule has 0 amide bonds. The topological polar surface area (TPSA) is 8.17 Å². The average molecular weight is 258 g/mol. The van der Waals surface area contributed by atoms with Crippen LogP contribution in [0.2, 0.25) is 0 Å². The van der Waals surface area contributed by atoms with Gasteiger partial charge in [0.2, 0.25) is 0 Å². The fourth-order valence-electron chi connectivity index (χ4n) is 2.80. The quantitative estimate of drug-likeness (QED) is 0.796. The second-order valence-corrected chi connectivity index (χ2v) is 5.73. The first-order chi connectivity index (χ1) is 9.04. The van der Waals surface area contributed by atoms with E-state index in [4.69, 9.17) is 0 Å². The largest absolute Gasteiger partial charge is 0.348 e. The second-order valence-electron chi connectivity index (χ2n) is 5.73. The Morgan fingerprint density at radius 3 is 2.58 bits per heavy atom. The number of rotatable bonds is 5. The lowest BCUT2D eigenvalue weighted by Crippen LogP contribution is -2.13. The van der Waals surface area contributed by atoms with Crippen LogP contribution in [0.25, 0.3) is 10.9 Å². The molecule has 0 spiro atoms. The van der Waals surface area contributed by atoms with Gasteiger partial charge in [-0.05, 0) is 70.1 Å². The summed E-state index contributed by atoms with van der Waals surface area (Å²) in [5, 5.41) is 1.46. The van der Waals surface area contributed by atoms with Crippen molar-refractivity contribution in [1.82, 2.24) is 9.47 Å². The highest BCUT2D eigenvalue weighted by Gasteiger charge is 2.11. The van der Waals surface area contributed by atoms with E-state index in [1.807, 2.05) is 0 Å². The van der Waals surface area contributed by atoms with E-state index in [2.05, 4.69) is 62.7 Å². The Hall–Kier alpha value is -1.28. The minimum atomic E-state index is 1.11. The highest BCUT2D eigenvalue weighted by molar-refractivity contribution is 5.86. The average Bonchev–Trinajstić information content (AvgIpc) is 2.63. The number of aromatic nitrogens is 1. The third-order valence-corrected chi connectivity index (χ3v) is 4.13. The predicted molar refractivity (Wildman–Crippen MR) is 83.9 cm³/mol. The Morgan fingerprint density at radius 2 is 1.95 bits per heavy atom. The van der Waals surface area contributed by atoms with Gasteiger partial charge in [-0.1, -0.05) is 13.0 Å². The van der Waals surface area contributed by atoms with Crippen LogP contribution in [0.5, 0.6) is 0 Å². The van der Waals surface area contributed by atoms with E-state index in [-0.39, 0.29) is 0 Å². The summed E-state index contributed by atoms with van der Waals surface area (Å²) >= 11 is 0. The molecule has 0 aliphatic rings. The lowest BCUT2D eigenvalue weighted by Gasteiger charge is -2.09. The molecule has 2 heteroatoms. The number of nitrogens with zero attached hydrogens (tertiary/aromatic N) is 2. The van der Waals surface area contributed by atoms with Gasteiger partial charge < -0.3 is 9.47 Å². The number of benzene rings is 1. The van der Waals surface area contributed by atoms with Crippen LogP contribution < -0.4 is 0 Å². The third kappa shape index (κ3) is 2.84. The first kappa shape index (κ1) is 14.1. The Labute approximate surface area is 117 Å². The lowest BCUT2D eigenvalue weighted by molar-refractivity contribution is 0.400. The molecule has 0 bridgehead atoms. The van der Waals surface area contributed by atoms with Crippen LogP contribution in [0, 0.1) is 6.92 Å². The standard InChI is InChI=1S/C17H26N2/c1-6-14-9-10-17-16(12-14)15(13(2)19(17)5)8-7-11-18(3)4/h9-10,12H,6-8,11H2,1-5H3. The maximum absolute atomic E-state index is 2.38. The van der Waals surface area contributed by atoms with Crippen molar-refractivity contribution in [3.63, 3.8) is 0 Å². The molecule has 1 heterocycles. The summed E-state index contributed by atoms with van der Waals surface area (Å²) in [5.74, 6) is 0. The van der Waals surface area contributed by atoms with Gasteiger partial charge >= 0.3 is 0 Å². The molecule has 0 N–H and O–H groups in total. The molecule has 1 aromatic heterocycles. The molecule has 0 saturated heterocycles. The molecule has 0 aliphatic heterocycles. The molecule has 0 radical (unpaired) electrons. The second kappa shape index (κ2) is 5.79. The minimum absolute atomic E-state index is 1.11. The first-order valence-electron chi connectivity index (χ1n) is 7.26.